The predicted octanol–water partition coefficient (Wildman–Crippen LogP) is 4.19. The SMILES string of the molecule is CC(C)(C)[C@@H]1CCC/C(=C\c2cccc(O)c2)C1=O. The number of phenols is 1. The van der Waals surface area contributed by atoms with E-state index in [2.05, 4.69) is 20.8 Å². The molecule has 1 aromatic carbocycles. The maximum atomic E-state index is 12.5. The molecule has 0 aliphatic heterocycles. The van der Waals surface area contributed by atoms with Gasteiger partial charge in [0.1, 0.15) is 5.75 Å². The molecular formula is C17H22O2. The Morgan fingerprint density at radius 2 is 2.05 bits per heavy atom. The molecule has 1 aromatic rings. The van der Waals surface area contributed by atoms with Gasteiger partial charge in [-0.15, -0.1) is 0 Å². The third-order valence-corrected chi connectivity index (χ3v) is 3.83. The van der Waals surface area contributed by atoms with E-state index in [0.29, 0.717) is 0 Å². The van der Waals surface area contributed by atoms with Crippen molar-refractivity contribution in [2.75, 3.05) is 0 Å². The molecule has 2 rings (SSSR count). The maximum absolute atomic E-state index is 12.5. The fraction of sp³-hybridized carbons (Fsp3) is 0.471. The van der Waals surface area contributed by atoms with E-state index in [4.69, 9.17) is 0 Å². The van der Waals surface area contributed by atoms with Gasteiger partial charge >= 0.3 is 0 Å². The summed E-state index contributed by atoms with van der Waals surface area (Å²) in [6, 6.07) is 7.06. The highest BCUT2D eigenvalue weighted by molar-refractivity contribution is 6.02. The smallest absolute Gasteiger partial charge is 0.162 e. The summed E-state index contributed by atoms with van der Waals surface area (Å²) in [5.74, 6) is 0.636. The molecule has 1 N–H and O–H groups in total. The van der Waals surface area contributed by atoms with Gasteiger partial charge in [-0.3, -0.25) is 4.79 Å². The van der Waals surface area contributed by atoms with Gasteiger partial charge in [-0.2, -0.15) is 0 Å². The first-order valence-electron chi connectivity index (χ1n) is 6.92. The summed E-state index contributed by atoms with van der Waals surface area (Å²) in [7, 11) is 0. The number of hydrogen-bond donors (Lipinski definition) is 1. The van der Waals surface area contributed by atoms with E-state index in [9.17, 15) is 9.90 Å². The fourth-order valence-corrected chi connectivity index (χ4v) is 2.76. The van der Waals surface area contributed by atoms with Gasteiger partial charge < -0.3 is 5.11 Å². The molecule has 1 fully saturated rings. The number of carbonyl (C=O) groups excluding carboxylic acids is 1. The fourth-order valence-electron chi connectivity index (χ4n) is 2.76. The summed E-state index contributed by atoms with van der Waals surface area (Å²) in [6.07, 6.45) is 4.83. The van der Waals surface area contributed by atoms with Crippen molar-refractivity contribution < 1.29 is 9.90 Å². The lowest BCUT2D eigenvalue weighted by molar-refractivity contribution is -0.123. The van der Waals surface area contributed by atoms with E-state index >= 15 is 0 Å². The summed E-state index contributed by atoms with van der Waals surface area (Å²) in [6.45, 7) is 6.40. The highest BCUT2D eigenvalue weighted by Crippen LogP contribution is 2.38. The van der Waals surface area contributed by atoms with Gasteiger partial charge in [0.25, 0.3) is 0 Å². The molecule has 102 valence electrons. The molecule has 2 heteroatoms. The molecule has 1 aliphatic rings. The number of Topliss-reactive ketones (excluding diaryl/α,β-unsaturated/α-hetero) is 1. The summed E-state index contributed by atoms with van der Waals surface area (Å²) in [4.78, 5) is 12.5. The lowest BCUT2D eigenvalue weighted by Crippen LogP contribution is -2.32. The maximum Gasteiger partial charge on any atom is 0.162 e. The minimum Gasteiger partial charge on any atom is -0.508 e. The van der Waals surface area contributed by atoms with E-state index in [-0.39, 0.29) is 22.9 Å². The summed E-state index contributed by atoms with van der Waals surface area (Å²) in [5, 5.41) is 9.48. The molecule has 1 saturated carbocycles. The number of hydrogen-bond acceptors (Lipinski definition) is 2. The van der Waals surface area contributed by atoms with E-state index in [1.807, 2.05) is 12.1 Å². The van der Waals surface area contributed by atoms with Gasteiger partial charge in [0, 0.05) is 5.92 Å². The van der Waals surface area contributed by atoms with Gasteiger partial charge in [-0.1, -0.05) is 32.9 Å². The lowest BCUT2D eigenvalue weighted by atomic mass is 9.70. The third kappa shape index (κ3) is 3.25. The topological polar surface area (TPSA) is 37.3 Å². The molecule has 0 spiro atoms. The van der Waals surface area contributed by atoms with Crippen LogP contribution in [-0.4, -0.2) is 10.9 Å². The summed E-state index contributed by atoms with van der Waals surface area (Å²) in [5.41, 5.74) is 1.82. The van der Waals surface area contributed by atoms with Crippen LogP contribution in [0.2, 0.25) is 0 Å². The van der Waals surface area contributed by atoms with Crippen LogP contribution in [-0.2, 0) is 4.79 Å². The highest BCUT2D eigenvalue weighted by atomic mass is 16.3. The Kier molecular flexibility index (Phi) is 3.79. The Labute approximate surface area is 115 Å². The molecular weight excluding hydrogens is 236 g/mol. The Morgan fingerprint density at radius 3 is 2.68 bits per heavy atom. The van der Waals surface area contributed by atoms with Crippen LogP contribution in [0.25, 0.3) is 6.08 Å². The van der Waals surface area contributed by atoms with Gasteiger partial charge in [0.2, 0.25) is 0 Å². The second-order valence-electron chi connectivity index (χ2n) is 6.44. The molecule has 0 radical (unpaired) electrons. The van der Waals surface area contributed by atoms with Crippen molar-refractivity contribution in [3.8, 4) is 5.75 Å². The van der Waals surface area contributed by atoms with Crippen molar-refractivity contribution in [3.05, 3.63) is 35.4 Å². The average Bonchev–Trinajstić information content (AvgIpc) is 2.30. The molecule has 2 nitrogen and oxygen atoms in total. The minimum atomic E-state index is 0.0232. The Hall–Kier alpha value is -1.57. The second-order valence-corrected chi connectivity index (χ2v) is 6.44. The molecule has 0 saturated heterocycles. The normalized spacial score (nSPS) is 22.8. The van der Waals surface area contributed by atoms with Crippen LogP contribution >= 0.6 is 0 Å². The van der Waals surface area contributed by atoms with Gasteiger partial charge in [0.05, 0.1) is 0 Å². The van der Waals surface area contributed by atoms with E-state index in [0.717, 1.165) is 30.4 Å². The minimum absolute atomic E-state index is 0.0232. The number of carbonyl (C=O) groups is 1. The van der Waals surface area contributed by atoms with Crippen LogP contribution in [0.1, 0.15) is 45.6 Å². The van der Waals surface area contributed by atoms with Crippen LogP contribution in [0, 0.1) is 11.3 Å². The molecule has 1 atom stereocenters. The van der Waals surface area contributed by atoms with Crippen molar-refractivity contribution in [3.63, 3.8) is 0 Å². The molecule has 19 heavy (non-hydrogen) atoms. The van der Waals surface area contributed by atoms with Crippen LogP contribution in [0.3, 0.4) is 0 Å². The molecule has 0 aromatic heterocycles. The zero-order valence-electron chi connectivity index (χ0n) is 11.9. The lowest BCUT2D eigenvalue weighted by Gasteiger charge is -2.33. The highest BCUT2D eigenvalue weighted by Gasteiger charge is 2.35. The number of aromatic hydroxyl groups is 1. The number of phenolic OH excluding ortho intramolecular Hbond substituents is 1. The van der Waals surface area contributed by atoms with Crippen LogP contribution < -0.4 is 0 Å². The Bertz CT molecular complexity index is 506. The summed E-state index contributed by atoms with van der Waals surface area (Å²) >= 11 is 0. The Balaban J connectivity index is 2.27. The number of benzene rings is 1. The van der Waals surface area contributed by atoms with Gasteiger partial charge in [-0.05, 0) is 54.0 Å². The van der Waals surface area contributed by atoms with Crippen molar-refractivity contribution >= 4 is 11.9 Å². The molecule has 1 aliphatic carbocycles. The Morgan fingerprint density at radius 1 is 1.32 bits per heavy atom. The molecule has 0 unspecified atom stereocenters. The van der Waals surface area contributed by atoms with Gasteiger partial charge in [0.15, 0.2) is 5.78 Å². The largest absolute Gasteiger partial charge is 0.508 e. The van der Waals surface area contributed by atoms with E-state index < -0.39 is 0 Å². The number of ketones is 1. The summed E-state index contributed by atoms with van der Waals surface area (Å²) < 4.78 is 0. The van der Waals surface area contributed by atoms with Crippen molar-refractivity contribution in [1.82, 2.24) is 0 Å². The zero-order valence-corrected chi connectivity index (χ0v) is 11.9. The molecule has 0 heterocycles. The second kappa shape index (κ2) is 5.20. The van der Waals surface area contributed by atoms with Crippen molar-refractivity contribution in [2.45, 2.75) is 40.0 Å². The number of rotatable bonds is 1. The average molecular weight is 258 g/mol. The quantitative estimate of drug-likeness (QED) is 0.767. The van der Waals surface area contributed by atoms with E-state index in [1.165, 1.54) is 0 Å². The van der Waals surface area contributed by atoms with Crippen LogP contribution in [0.15, 0.2) is 29.8 Å². The van der Waals surface area contributed by atoms with Crippen molar-refractivity contribution in [2.24, 2.45) is 11.3 Å². The number of allylic oxidation sites excluding steroid dienone is 1. The first-order valence-corrected chi connectivity index (χ1v) is 6.92. The first kappa shape index (κ1) is 13.9. The first-order chi connectivity index (χ1) is 8.88. The van der Waals surface area contributed by atoms with E-state index in [1.54, 1.807) is 18.2 Å². The standard InChI is InChI=1S/C17H22O2/c1-17(2,3)15-9-5-7-13(16(15)19)10-12-6-4-8-14(18)11-12/h4,6,8,10-11,15,18H,5,7,9H2,1-3H3/b13-10+/t15-/m1/s1. The predicted molar refractivity (Wildman–Crippen MR) is 77.9 cm³/mol. The third-order valence-electron chi connectivity index (χ3n) is 3.83. The molecule has 0 bridgehead atoms. The monoisotopic (exact) mass is 258 g/mol. The van der Waals surface area contributed by atoms with Crippen LogP contribution in [0.5, 0.6) is 5.75 Å². The molecule has 0 amide bonds. The van der Waals surface area contributed by atoms with Crippen LogP contribution in [0.4, 0.5) is 0 Å². The van der Waals surface area contributed by atoms with Crippen molar-refractivity contribution in [1.29, 1.82) is 0 Å². The zero-order chi connectivity index (χ0) is 14.0. The van der Waals surface area contributed by atoms with Gasteiger partial charge in [-0.25, -0.2) is 0 Å².